The van der Waals surface area contributed by atoms with Gasteiger partial charge in [0, 0.05) is 0 Å². The van der Waals surface area contributed by atoms with Crippen molar-refractivity contribution in [2.75, 3.05) is 12.9 Å². The number of ether oxygens (including phenoxy) is 2. The van der Waals surface area contributed by atoms with Crippen LogP contribution < -0.4 is 14.8 Å². The van der Waals surface area contributed by atoms with Crippen molar-refractivity contribution < 1.29 is 22.7 Å². The van der Waals surface area contributed by atoms with Gasteiger partial charge in [-0.05, 0) is 62.4 Å². The quantitative estimate of drug-likeness (QED) is 0.674. The van der Waals surface area contributed by atoms with E-state index in [-0.39, 0.29) is 28.4 Å². The van der Waals surface area contributed by atoms with Crippen molar-refractivity contribution in [1.82, 2.24) is 5.32 Å². The summed E-state index contributed by atoms with van der Waals surface area (Å²) in [6.07, 6.45) is 4.70. The number of nitrogens with one attached hydrogen (secondary N) is 1. The molecule has 1 amide bonds. The van der Waals surface area contributed by atoms with Crippen molar-refractivity contribution in [1.29, 1.82) is 0 Å². The molecule has 0 saturated heterocycles. The van der Waals surface area contributed by atoms with E-state index in [2.05, 4.69) is 5.32 Å². The van der Waals surface area contributed by atoms with Crippen LogP contribution in [0.3, 0.4) is 0 Å². The SMILES string of the molecule is CCS(=O)(=O)c1ccccc1C(=O)N[C@@H](C)c1ccc(OC2CCCC2)c(OC)c1. The van der Waals surface area contributed by atoms with Crippen molar-refractivity contribution >= 4 is 15.7 Å². The number of methoxy groups -OCH3 is 1. The first-order valence-electron chi connectivity index (χ1n) is 10.3. The Bertz CT molecular complexity index is 996. The number of sulfone groups is 1. The largest absolute Gasteiger partial charge is 0.493 e. The lowest BCUT2D eigenvalue weighted by atomic mass is 10.1. The molecular weight excluding hydrogens is 402 g/mol. The van der Waals surface area contributed by atoms with Crippen LogP contribution in [-0.2, 0) is 9.84 Å². The van der Waals surface area contributed by atoms with E-state index in [0.29, 0.717) is 11.5 Å². The van der Waals surface area contributed by atoms with Gasteiger partial charge in [-0.1, -0.05) is 25.1 Å². The minimum atomic E-state index is -3.50. The minimum absolute atomic E-state index is 0.0510. The lowest BCUT2D eigenvalue weighted by Gasteiger charge is -2.19. The fraction of sp³-hybridized carbons (Fsp3) is 0.435. The number of carbonyl (C=O) groups is 1. The summed E-state index contributed by atoms with van der Waals surface area (Å²) in [5, 5.41) is 2.89. The van der Waals surface area contributed by atoms with Crippen molar-refractivity contribution in [2.24, 2.45) is 0 Å². The summed E-state index contributed by atoms with van der Waals surface area (Å²) in [7, 11) is -1.91. The predicted octanol–water partition coefficient (Wildman–Crippen LogP) is 4.30. The molecule has 7 heteroatoms. The normalized spacial score (nSPS) is 15.6. The topological polar surface area (TPSA) is 81.7 Å². The van der Waals surface area contributed by atoms with Crippen LogP contribution >= 0.6 is 0 Å². The molecule has 3 rings (SSSR count). The van der Waals surface area contributed by atoms with E-state index in [0.717, 1.165) is 18.4 Å². The van der Waals surface area contributed by atoms with Gasteiger partial charge in [0.1, 0.15) is 0 Å². The molecule has 162 valence electrons. The molecule has 0 unspecified atom stereocenters. The van der Waals surface area contributed by atoms with Crippen LogP contribution in [0, 0.1) is 0 Å². The van der Waals surface area contributed by atoms with Gasteiger partial charge in [-0.2, -0.15) is 0 Å². The maximum Gasteiger partial charge on any atom is 0.253 e. The zero-order valence-electron chi connectivity index (χ0n) is 17.7. The van der Waals surface area contributed by atoms with Gasteiger partial charge < -0.3 is 14.8 Å². The van der Waals surface area contributed by atoms with Crippen molar-refractivity contribution in [3.05, 3.63) is 53.6 Å². The molecule has 6 nitrogen and oxygen atoms in total. The zero-order chi connectivity index (χ0) is 21.7. The summed E-state index contributed by atoms with van der Waals surface area (Å²) in [5.74, 6) is 0.827. The first-order valence-corrected chi connectivity index (χ1v) is 12.0. The fourth-order valence-electron chi connectivity index (χ4n) is 3.68. The number of benzene rings is 2. The summed E-state index contributed by atoms with van der Waals surface area (Å²) < 4.78 is 36.2. The maximum absolute atomic E-state index is 12.8. The van der Waals surface area contributed by atoms with Gasteiger partial charge in [0.2, 0.25) is 0 Å². The second-order valence-corrected chi connectivity index (χ2v) is 9.78. The van der Waals surface area contributed by atoms with Crippen LogP contribution in [0.25, 0.3) is 0 Å². The highest BCUT2D eigenvalue weighted by molar-refractivity contribution is 7.91. The smallest absolute Gasteiger partial charge is 0.253 e. The molecule has 1 aliphatic carbocycles. The Morgan fingerprint density at radius 3 is 2.50 bits per heavy atom. The molecule has 1 atom stereocenters. The van der Waals surface area contributed by atoms with Crippen LogP contribution in [0.1, 0.15) is 61.5 Å². The molecule has 0 aliphatic heterocycles. The standard InChI is InChI=1S/C23H29NO5S/c1-4-30(26,27)22-12-8-7-11-19(22)23(25)24-16(2)17-13-14-20(21(15-17)28-3)29-18-9-5-6-10-18/h7-8,11-16,18H,4-6,9-10H2,1-3H3,(H,24,25)/t16-/m0/s1. The Morgan fingerprint density at radius 2 is 1.83 bits per heavy atom. The molecule has 1 saturated carbocycles. The third-order valence-corrected chi connectivity index (χ3v) is 7.26. The molecule has 1 aliphatic rings. The van der Waals surface area contributed by atoms with Crippen molar-refractivity contribution in [3.8, 4) is 11.5 Å². The summed E-state index contributed by atoms with van der Waals surface area (Å²) >= 11 is 0. The number of carbonyl (C=O) groups excluding carboxylic acids is 1. The number of hydrogen-bond donors (Lipinski definition) is 1. The minimum Gasteiger partial charge on any atom is -0.493 e. The van der Waals surface area contributed by atoms with E-state index >= 15 is 0 Å². The molecule has 2 aromatic carbocycles. The Balaban J connectivity index is 1.77. The van der Waals surface area contributed by atoms with Crippen molar-refractivity contribution in [2.45, 2.75) is 56.6 Å². The van der Waals surface area contributed by atoms with Crippen LogP contribution in [0.4, 0.5) is 0 Å². The Kier molecular flexibility index (Phi) is 7.02. The highest BCUT2D eigenvalue weighted by Gasteiger charge is 2.23. The average Bonchev–Trinajstić information content (AvgIpc) is 3.27. The van der Waals surface area contributed by atoms with E-state index < -0.39 is 15.7 Å². The summed E-state index contributed by atoms with van der Waals surface area (Å²) in [6, 6.07) is 11.6. The lowest BCUT2D eigenvalue weighted by molar-refractivity contribution is 0.0936. The zero-order valence-corrected chi connectivity index (χ0v) is 18.5. The molecule has 30 heavy (non-hydrogen) atoms. The molecule has 2 aromatic rings. The Hall–Kier alpha value is -2.54. The van der Waals surface area contributed by atoms with E-state index in [1.54, 1.807) is 26.2 Å². The fourth-order valence-corrected chi connectivity index (χ4v) is 4.77. The van der Waals surface area contributed by atoms with Crippen molar-refractivity contribution in [3.63, 3.8) is 0 Å². The second-order valence-electron chi connectivity index (χ2n) is 7.53. The van der Waals surface area contributed by atoms with Crippen LogP contribution in [-0.4, -0.2) is 33.3 Å². The molecule has 0 heterocycles. The molecule has 0 radical (unpaired) electrons. The van der Waals surface area contributed by atoms with Gasteiger partial charge in [-0.25, -0.2) is 8.42 Å². The van der Waals surface area contributed by atoms with E-state index in [4.69, 9.17) is 9.47 Å². The predicted molar refractivity (Wildman–Crippen MR) is 116 cm³/mol. The van der Waals surface area contributed by atoms with Gasteiger partial charge in [-0.15, -0.1) is 0 Å². The molecular formula is C23H29NO5S. The molecule has 0 bridgehead atoms. The monoisotopic (exact) mass is 431 g/mol. The molecule has 1 N–H and O–H groups in total. The highest BCUT2D eigenvalue weighted by atomic mass is 32.2. The van der Waals surface area contributed by atoms with Gasteiger partial charge in [0.25, 0.3) is 5.91 Å². The third-order valence-electron chi connectivity index (χ3n) is 5.48. The summed E-state index contributed by atoms with van der Waals surface area (Å²) in [4.78, 5) is 12.9. The van der Waals surface area contributed by atoms with Gasteiger partial charge >= 0.3 is 0 Å². The van der Waals surface area contributed by atoms with Gasteiger partial charge in [0.15, 0.2) is 21.3 Å². The molecule has 1 fully saturated rings. The molecule has 0 spiro atoms. The third kappa shape index (κ3) is 4.95. The van der Waals surface area contributed by atoms with Crippen LogP contribution in [0.2, 0.25) is 0 Å². The molecule has 0 aromatic heterocycles. The van der Waals surface area contributed by atoms with Gasteiger partial charge in [0.05, 0.1) is 35.5 Å². The van der Waals surface area contributed by atoms with E-state index in [1.165, 1.54) is 25.0 Å². The van der Waals surface area contributed by atoms with E-state index in [9.17, 15) is 13.2 Å². The summed E-state index contributed by atoms with van der Waals surface area (Å²) in [5.41, 5.74) is 0.995. The number of amides is 1. The first-order chi connectivity index (χ1) is 14.4. The number of hydrogen-bond acceptors (Lipinski definition) is 5. The van der Waals surface area contributed by atoms with Crippen LogP contribution in [0.15, 0.2) is 47.4 Å². The summed E-state index contributed by atoms with van der Waals surface area (Å²) in [6.45, 7) is 3.41. The van der Waals surface area contributed by atoms with E-state index in [1.807, 2.05) is 25.1 Å². The Morgan fingerprint density at radius 1 is 1.13 bits per heavy atom. The first kappa shape index (κ1) is 22.2. The average molecular weight is 432 g/mol. The number of rotatable bonds is 8. The lowest BCUT2D eigenvalue weighted by Crippen LogP contribution is -2.28. The van der Waals surface area contributed by atoms with Crippen LogP contribution in [0.5, 0.6) is 11.5 Å². The maximum atomic E-state index is 12.8. The second kappa shape index (κ2) is 9.51. The highest BCUT2D eigenvalue weighted by Crippen LogP contribution is 2.34. The Labute approximate surface area is 178 Å². The van der Waals surface area contributed by atoms with Gasteiger partial charge in [-0.3, -0.25) is 4.79 Å².